The Morgan fingerprint density at radius 2 is 1.86 bits per heavy atom. The Labute approximate surface area is 169 Å². The molecule has 0 amide bonds. The second kappa shape index (κ2) is 8.47. The summed E-state index contributed by atoms with van der Waals surface area (Å²) >= 11 is 5.90. The maximum atomic E-state index is 14.8. The SMILES string of the molecule is O=S(=O)(c1ccc(Cl)cc1)[C@@]1(c2cc(F)ccc2F)CCC[C@@H](CCCO)C1. The lowest BCUT2D eigenvalue weighted by molar-refractivity contribution is 0.229. The highest BCUT2D eigenvalue weighted by molar-refractivity contribution is 7.92. The summed E-state index contributed by atoms with van der Waals surface area (Å²) in [6.07, 6.45) is 2.98. The van der Waals surface area contributed by atoms with E-state index in [1.54, 1.807) is 0 Å². The number of rotatable bonds is 6. The average Bonchev–Trinajstić information content (AvgIpc) is 2.68. The molecule has 3 nitrogen and oxygen atoms in total. The molecule has 1 aliphatic carbocycles. The van der Waals surface area contributed by atoms with Crippen LogP contribution in [0.2, 0.25) is 5.02 Å². The van der Waals surface area contributed by atoms with E-state index in [0.717, 1.165) is 24.6 Å². The van der Waals surface area contributed by atoms with Gasteiger partial charge in [0.1, 0.15) is 16.4 Å². The Balaban J connectivity index is 2.17. The highest BCUT2D eigenvalue weighted by Crippen LogP contribution is 2.50. The third kappa shape index (κ3) is 3.95. The van der Waals surface area contributed by atoms with Gasteiger partial charge in [0.25, 0.3) is 0 Å². The van der Waals surface area contributed by atoms with Crippen LogP contribution in [0.25, 0.3) is 0 Å². The van der Waals surface area contributed by atoms with Gasteiger partial charge in [-0.2, -0.15) is 0 Å². The number of aliphatic hydroxyl groups is 1. The third-order valence-electron chi connectivity index (χ3n) is 5.64. The molecule has 0 saturated heterocycles. The van der Waals surface area contributed by atoms with E-state index < -0.39 is 26.2 Å². The van der Waals surface area contributed by atoms with Crippen LogP contribution in [0.3, 0.4) is 0 Å². The number of aliphatic hydroxyl groups excluding tert-OH is 1. The summed E-state index contributed by atoms with van der Waals surface area (Å²) in [5.41, 5.74) is -0.115. The number of hydrogen-bond acceptors (Lipinski definition) is 3. The van der Waals surface area contributed by atoms with Gasteiger partial charge in [-0.3, -0.25) is 0 Å². The van der Waals surface area contributed by atoms with Crippen molar-refractivity contribution in [3.63, 3.8) is 0 Å². The molecule has 152 valence electrons. The zero-order valence-electron chi connectivity index (χ0n) is 15.4. The van der Waals surface area contributed by atoms with Crippen LogP contribution in [0.5, 0.6) is 0 Å². The van der Waals surface area contributed by atoms with Gasteiger partial charge >= 0.3 is 0 Å². The van der Waals surface area contributed by atoms with E-state index in [9.17, 15) is 17.2 Å². The van der Waals surface area contributed by atoms with Crippen molar-refractivity contribution in [3.05, 3.63) is 64.7 Å². The molecule has 2 aromatic rings. The Morgan fingerprint density at radius 3 is 2.54 bits per heavy atom. The lowest BCUT2D eigenvalue weighted by Gasteiger charge is -2.41. The van der Waals surface area contributed by atoms with Gasteiger partial charge in [0.2, 0.25) is 0 Å². The molecule has 0 heterocycles. The average molecular weight is 429 g/mol. The van der Waals surface area contributed by atoms with Crippen molar-refractivity contribution in [1.29, 1.82) is 0 Å². The van der Waals surface area contributed by atoms with Gasteiger partial charge in [0, 0.05) is 17.2 Å². The first kappa shape index (κ1) is 21.2. The summed E-state index contributed by atoms with van der Waals surface area (Å²) in [5.74, 6) is -1.38. The van der Waals surface area contributed by atoms with Crippen LogP contribution < -0.4 is 0 Å². The fourth-order valence-electron chi connectivity index (χ4n) is 4.29. The molecule has 1 fully saturated rings. The van der Waals surface area contributed by atoms with Gasteiger partial charge in [0.05, 0.1) is 4.90 Å². The van der Waals surface area contributed by atoms with Crippen LogP contribution >= 0.6 is 11.6 Å². The summed E-state index contributed by atoms with van der Waals surface area (Å²) in [7, 11) is -4.02. The molecule has 0 aromatic heterocycles. The van der Waals surface area contributed by atoms with Crippen LogP contribution in [-0.2, 0) is 14.6 Å². The van der Waals surface area contributed by atoms with Crippen LogP contribution in [0.4, 0.5) is 8.78 Å². The number of benzene rings is 2. The van der Waals surface area contributed by atoms with Gasteiger partial charge in [0.15, 0.2) is 9.84 Å². The third-order valence-corrected chi connectivity index (χ3v) is 8.40. The van der Waals surface area contributed by atoms with Crippen molar-refractivity contribution in [1.82, 2.24) is 0 Å². The van der Waals surface area contributed by atoms with Crippen molar-refractivity contribution in [2.24, 2.45) is 5.92 Å². The molecule has 1 N–H and O–H groups in total. The van der Waals surface area contributed by atoms with E-state index in [1.165, 1.54) is 24.3 Å². The Kier molecular flexibility index (Phi) is 6.42. The molecular weight excluding hydrogens is 406 g/mol. The van der Waals surface area contributed by atoms with E-state index in [0.29, 0.717) is 24.3 Å². The predicted octanol–water partition coefficient (Wildman–Crippen LogP) is 5.25. The number of hydrogen-bond donors (Lipinski definition) is 1. The topological polar surface area (TPSA) is 54.4 Å². The fraction of sp³-hybridized carbons (Fsp3) is 0.429. The molecule has 1 aliphatic rings. The van der Waals surface area contributed by atoms with Crippen molar-refractivity contribution >= 4 is 21.4 Å². The molecule has 3 rings (SSSR count). The quantitative estimate of drug-likeness (QED) is 0.683. The second-order valence-electron chi connectivity index (χ2n) is 7.40. The summed E-state index contributed by atoms with van der Waals surface area (Å²) in [5, 5.41) is 9.55. The van der Waals surface area contributed by atoms with Gasteiger partial charge in [-0.05, 0) is 74.1 Å². The highest BCUT2D eigenvalue weighted by Gasteiger charge is 2.50. The summed E-state index contributed by atoms with van der Waals surface area (Å²) in [6, 6.07) is 8.78. The fourth-order valence-corrected chi connectivity index (χ4v) is 6.68. The molecule has 1 saturated carbocycles. The normalized spacial score (nSPS) is 22.9. The summed E-state index contributed by atoms with van der Waals surface area (Å²) in [4.78, 5) is 0.0448. The maximum absolute atomic E-state index is 14.8. The lowest BCUT2D eigenvalue weighted by atomic mass is 9.75. The first-order valence-electron chi connectivity index (χ1n) is 9.37. The van der Waals surface area contributed by atoms with Crippen LogP contribution in [0.15, 0.2) is 47.4 Å². The molecule has 0 radical (unpaired) electrons. The molecule has 2 atom stereocenters. The smallest absolute Gasteiger partial charge is 0.188 e. The van der Waals surface area contributed by atoms with Crippen molar-refractivity contribution in [3.8, 4) is 0 Å². The molecule has 0 bridgehead atoms. The first-order valence-corrected chi connectivity index (χ1v) is 11.2. The Bertz CT molecular complexity index is 931. The van der Waals surface area contributed by atoms with Crippen molar-refractivity contribution < 1.29 is 22.3 Å². The van der Waals surface area contributed by atoms with E-state index >= 15 is 0 Å². The van der Waals surface area contributed by atoms with Crippen LogP contribution in [0.1, 0.15) is 44.1 Å². The van der Waals surface area contributed by atoms with Gasteiger partial charge in [-0.1, -0.05) is 24.4 Å². The zero-order valence-corrected chi connectivity index (χ0v) is 16.9. The minimum atomic E-state index is -4.02. The van der Waals surface area contributed by atoms with Crippen molar-refractivity contribution in [2.45, 2.75) is 48.2 Å². The first-order chi connectivity index (χ1) is 13.3. The number of halogens is 3. The minimum absolute atomic E-state index is 0.00522. The standard InChI is InChI=1S/C21H23ClF2O3S/c22-16-5-8-18(9-6-16)28(26,27)21(19-13-17(23)7-10-20(19)24)11-1-3-15(14-21)4-2-12-25/h5-10,13,15,25H,1-4,11-12,14H2/t15-,21-/m0/s1. The molecule has 0 unspecified atom stereocenters. The largest absolute Gasteiger partial charge is 0.396 e. The molecule has 28 heavy (non-hydrogen) atoms. The summed E-state index contributed by atoms with van der Waals surface area (Å²) < 4.78 is 54.7. The van der Waals surface area contributed by atoms with E-state index in [2.05, 4.69) is 0 Å². The Morgan fingerprint density at radius 1 is 1.14 bits per heavy atom. The Hall–Kier alpha value is -1.50. The zero-order chi connectivity index (χ0) is 20.4. The van der Waals surface area contributed by atoms with Crippen molar-refractivity contribution in [2.75, 3.05) is 6.61 Å². The monoisotopic (exact) mass is 428 g/mol. The second-order valence-corrected chi connectivity index (χ2v) is 10.1. The highest BCUT2D eigenvalue weighted by atomic mass is 35.5. The van der Waals surface area contributed by atoms with Gasteiger partial charge in [-0.25, -0.2) is 17.2 Å². The molecule has 0 aliphatic heterocycles. The number of sulfone groups is 1. The maximum Gasteiger partial charge on any atom is 0.188 e. The lowest BCUT2D eigenvalue weighted by Crippen LogP contribution is -2.41. The van der Waals surface area contributed by atoms with E-state index in [-0.39, 0.29) is 35.8 Å². The van der Waals surface area contributed by atoms with E-state index in [4.69, 9.17) is 16.7 Å². The van der Waals surface area contributed by atoms with Gasteiger partial charge < -0.3 is 5.11 Å². The molecule has 7 heteroatoms. The minimum Gasteiger partial charge on any atom is -0.396 e. The van der Waals surface area contributed by atoms with Crippen LogP contribution in [0, 0.1) is 17.6 Å². The van der Waals surface area contributed by atoms with Crippen LogP contribution in [-0.4, -0.2) is 20.1 Å². The summed E-state index contributed by atoms with van der Waals surface area (Å²) in [6.45, 7) is 0.0156. The predicted molar refractivity (Wildman–Crippen MR) is 105 cm³/mol. The molecule has 0 spiro atoms. The van der Waals surface area contributed by atoms with Gasteiger partial charge in [-0.15, -0.1) is 0 Å². The molecule has 2 aromatic carbocycles. The van der Waals surface area contributed by atoms with E-state index in [1.807, 2.05) is 0 Å². The molecular formula is C21H23ClF2O3S.